The number of ether oxygens (including phenoxy) is 3. The molecule has 3 rings (SSSR count). The Hall–Kier alpha value is -3.35. The summed E-state index contributed by atoms with van der Waals surface area (Å²) in [6.07, 6.45) is 1.20. The van der Waals surface area contributed by atoms with E-state index >= 15 is 0 Å². The van der Waals surface area contributed by atoms with Gasteiger partial charge in [0.2, 0.25) is 0 Å². The number of esters is 1. The van der Waals surface area contributed by atoms with Crippen molar-refractivity contribution in [3.8, 4) is 11.5 Å². The molecule has 0 aliphatic heterocycles. The van der Waals surface area contributed by atoms with Gasteiger partial charge in [-0.25, -0.2) is 4.98 Å². The lowest BCUT2D eigenvalue weighted by molar-refractivity contribution is -0.145. The summed E-state index contributed by atoms with van der Waals surface area (Å²) in [4.78, 5) is 28.1. The summed E-state index contributed by atoms with van der Waals surface area (Å²) in [6.45, 7) is 2.65. The zero-order chi connectivity index (χ0) is 19.1. The molecule has 0 N–H and O–H groups in total. The SMILES string of the molecule is CCOc1ccc(OCCOC(=O)Cn2c(=O)cnc3ccccc32)cc1. The highest BCUT2D eigenvalue weighted by Gasteiger charge is 2.10. The Balaban J connectivity index is 1.50. The van der Waals surface area contributed by atoms with E-state index in [9.17, 15) is 9.59 Å². The molecule has 0 spiro atoms. The Morgan fingerprint density at radius 1 is 1.00 bits per heavy atom. The maximum Gasteiger partial charge on any atom is 0.326 e. The lowest BCUT2D eigenvalue weighted by Crippen LogP contribution is -2.26. The van der Waals surface area contributed by atoms with Crippen molar-refractivity contribution in [2.45, 2.75) is 13.5 Å². The Morgan fingerprint density at radius 3 is 2.44 bits per heavy atom. The van der Waals surface area contributed by atoms with Crippen LogP contribution in [0.5, 0.6) is 11.5 Å². The van der Waals surface area contributed by atoms with Gasteiger partial charge in [0.1, 0.15) is 31.3 Å². The Bertz CT molecular complexity index is 966. The first-order valence-corrected chi connectivity index (χ1v) is 8.63. The van der Waals surface area contributed by atoms with Gasteiger partial charge in [0.25, 0.3) is 5.56 Å². The third-order valence-electron chi connectivity index (χ3n) is 3.79. The molecule has 0 atom stereocenters. The minimum Gasteiger partial charge on any atom is -0.494 e. The van der Waals surface area contributed by atoms with Crippen molar-refractivity contribution in [1.29, 1.82) is 0 Å². The second-order valence-corrected chi connectivity index (χ2v) is 5.64. The zero-order valence-electron chi connectivity index (χ0n) is 15.0. The third kappa shape index (κ3) is 4.84. The van der Waals surface area contributed by atoms with Crippen LogP contribution in [0.25, 0.3) is 11.0 Å². The predicted octanol–water partition coefficient (Wildman–Crippen LogP) is 2.42. The number of para-hydroxylation sites is 2. The number of rotatable bonds is 8. The highest BCUT2D eigenvalue weighted by molar-refractivity contribution is 5.77. The molecular weight excluding hydrogens is 348 g/mol. The Labute approximate surface area is 156 Å². The maximum absolute atomic E-state index is 12.1. The van der Waals surface area contributed by atoms with Crippen LogP contribution in [0.4, 0.5) is 0 Å². The van der Waals surface area contributed by atoms with Gasteiger partial charge < -0.3 is 14.2 Å². The first kappa shape index (κ1) is 18.4. The summed E-state index contributed by atoms with van der Waals surface area (Å²) < 4.78 is 17.4. The van der Waals surface area contributed by atoms with Crippen molar-refractivity contribution < 1.29 is 19.0 Å². The van der Waals surface area contributed by atoms with E-state index in [1.165, 1.54) is 10.8 Å². The third-order valence-corrected chi connectivity index (χ3v) is 3.79. The molecule has 140 valence electrons. The van der Waals surface area contributed by atoms with Gasteiger partial charge in [0.15, 0.2) is 0 Å². The molecule has 7 nitrogen and oxygen atoms in total. The van der Waals surface area contributed by atoms with E-state index in [4.69, 9.17) is 14.2 Å². The molecule has 1 aromatic heterocycles. The van der Waals surface area contributed by atoms with Crippen molar-refractivity contribution >= 4 is 17.0 Å². The van der Waals surface area contributed by atoms with E-state index in [0.717, 1.165) is 5.75 Å². The van der Waals surface area contributed by atoms with E-state index < -0.39 is 5.97 Å². The van der Waals surface area contributed by atoms with Gasteiger partial charge >= 0.3 is 5.97 Å². The van der Waals surface area contributed by atoms with Crippen molar-refractivity contribution in [2.75, 3.05) is 19.8 Å². The molecule has 2 aromatic carbocycles. The van der Waals surface area contributed by atoms with Crippen LogP contribution in [0.1, 0.15) is 6.92 Å². The number of carbonyl (C=O) groups excluding carboxylic acids is 1. The minimum absolute atomic E-state index is 0.0871. The van der Waals surface area contributed by atoms with Crippen molar-refractivity contribution in [2.24, 2.45) is 0 Å². The maximum atomic E-state index is 12.1. The summed E-state index contributed by atoms with van der Waals surface area (Å²) in [7, 11) is 0. The van der Waals surface area contributed by atoms with Crippen LogP contribution in [-0.2, 0) is 16.1 Å². The van der Waals surface area contributed by atoms with E-state index in [0.29, 0.717) is 23.4 Å². The van der Waals surface area contributed by atoms with Crippen LogP contribution in [0, 0.1) is 0 Å². The van der Waals surface area contributed by atoms with Crippen LogP contribution in [0.3, 0.4) is 0 Å². The number of fused-ring (bicyclic) bond motifs is 1. The summed E-state index contributed by atoms with van der Waals surface area (Å²) in [5.41, 5.74) is 0.882. The summed E-state index contributed by atoms with van der Waals surface area (Å²) in [5.74, 6) is 0.917. The fraction of sp³-hybridized carbons (Fsp3) is 0.250. The fourth-order valence-electron chi connectivity index (χ4n) is 2.57. The van der Waals surface area contributed by atoms with Crippen LogP contribution in [0.2, 0.25) is 0 Å². The number of benzene rings is 2. The standard InChI is InChI=1S/C20H20N2O5/c1-2-25-15-7-9-16(10-8-15)26-11-12-27-20(24)14-22-18-6-4-3-5-17(18)21-13-19(22)23/h3-10,13H,2,11-12,14H2,1H3. The van der Waals surface area contributed by atoms with Gasteiger partial charge in [-0.05, 0) is 43.3 Å². The topological polar surface area (TPSA) is 79.7 Å². The minimum atomic E-state index is -0.510. The molecule has 7 heteroatoms. The van der Waals surface area contributed by atoms with E-state index in [1.807, 2.05) is 25.1 Å². The van der Waals surface area contributed by atoms with Crippen LogP contribution in [-0.4, -0.2) is 35.3 Å². The molecule has 0 radical (unpaired) electrons. The first-order valence-electron chi connectivity index (χ1n) is 8.63. The number of hydrogen-bond acceptors (Lipinski definition) is 6. The average Bonchev–Trinajstić information content (AvgIpc) is 2.69. The molecule has 0 saturated carbocycles. The van der Waals surface area contributed by atoms with Crippen LogP contribution >= 0.6 is 0 Å². The highest BCUT2D eigenvalue weighted by Crippen LogP contribution is 2.17. The average molecular weight is 368 g/mol. The number of carbonyl (C=O) groups is 1. The largest absolute Gasteiger partial charge is 0.494 e. The van der Waals surface area contributed by atoms with Gasteiger partial charge in [-0.1, -0.05) is 12.1 Å². The van der Waals surface area contributed by atoms with Crippen molar-refractivity contribution in [1.82, 2.24) is 9.55 Å². The molecule has 3 aromatic rings. The second kappa shape index (κ2) is 8.84. The van der Waals surface area contributed by atoms with Gasteiger partial charge in [-0.15, -0.1) is 0 Å². The van der Waals surface area contributed by atoms with Gasteiger partial charge in [0.05, 0.1) is 23.8 Å². The molecular formula is C20H20N2O5. The Kier molecular flexibility index (Phi) is 6.04. The number of aromatic nitrogens is 2. The molecule has 0 unspecified atom stereocenters. The van der Waals surface area contributed by atoms with Crippen LogP contribution < -0.4 is 15.0 Å². The molecule has 0 fully saturated rings. The first-order chi connectivity index (χ1) is 13.2. The van der Waals surface area contributed by atoms with Crippen molar-refractivity contribution in [3.05, 3.63) is 65.1 Å². The smallest absolute Gasteiger partial charge is 0.326 e. The van der Waals surface area contributed by atoms with E-state index in [-0.39, 0.29) is 25.3 Å². The molecule has 27 heavy (non-hydrogen) atoms. The molecule has 0 aliphatic carbocycles. The monoisotopic (exact) mass is 368 g/mol. The second-order valence-electron chi connectivity index (χ2n) is 5.64. The van der Waals surface area contributed by atoms with Crippen LogP contribution in [0.15, 0.2) is 59.5 Å². The predicted molar refractivity (Wildman–Crippen MR) is 100 cm³/mol. The van der Waals surface area contributed by atoms with Gasteiger partial charge in [0, 0.05) is 0 Å². The summed E-state index contributed by atoms with van der Waals surface area (Å²) in [5, 5.41) is 0. The molecule has 0 amide bonds. The lowest BCUT2D eigenvalue weighted by atomic mass is 10.3. The molecule has 0 bridgehead atoms. The summed E-state index contributed by atoms with van der Waals surface area (Å²) >= 11 is 0. The van der Waals surface area contributed by atoms with E-state index in [2.05, 4.69) is 4.98 Å². The number of nitrogens with zero attached hydrogens (tertiary/aromatic N) is 2. The Morgan fingerprint density at radius 2 is 1.70 bits per heavy atom. The highest BCUT2D eigenvalue weighted by atomic mass is 16.6. The van der Waals surface area contributed by atoms with Gasteiger partial charge in [-0.2, -0.15) is 0 Å². The normalized spacial score (nSPS) is 10.6. The van der Waals surface area contributed by atoms with Crippen molar-refractivity contribution in [3.63, 3.8) is 0 Å². The van der Waals surface area contributed by atoms with E-state index in [1.54, 1.807) is 30.3 Å². The molecule has 1 heterocycles. The number of hydrogen-bond donors (Lipinski definition) is 0. The summed E-state index contributed by atoms with van der Waals surface area (Å²) in [6, 6.07) is 14.3. The fourth-order valence-corrected chi connectivity index (χ4v) is 2.57. The quantitative estimate of drug-likeness (QED) is 0.449. The van der Waals surface area contributed by atoms with Gasteiger partial charge in [-0.3, -0.25) is 14.2 Å². The lowest BCUT2D eigenvalue weighted by Gasteiger charge is -2.10. The zero-order valence-corrected chi connectivity index (χ0v) is 15.0. The molecule has 0 saturated heterocycles. The molecule has 0 aliphatic rings.